The van der Waals surface area contributed by atoms with Crippen LogP contribution >= 0.6 is 11.6 Å². The van der Waals surface area contributed by atoms with Crippen LogP contribution in [0.25, 0.3) is 0 Å². The Morgan fingerprint density at radius 2 is 1.58 bits per heavy atom. The molecule has 0 fully saturated rings. The van der Waals surface area contributed by atoms with Gasteiger partial charge in [-0.3, -0.25) is 0 Å². The average molecular weight is 452 g/mol. The number of aryl methyl sites for hydroxylation is 1. The van der Waals surface area contributed by atoms with Gasteiger partial charge in [0.2, 0.25) is 5.28 Å². The van der Waals surface area contributed by atoms with Gasteiger partial charge in [0.1, 0.15) is 11.6 Å². The Bertz CT molecular complexity index is 1060. The number of hydrogen-bond donors (Lipinski definition) is 2. The lowest BCUT2D eigenvalue weighted by Gasteiger charge is -2.20. The van der Waals surface area contributed by atoms with Gasteiger partial charge in [0.25, 0.3) is 0 Å². The lowest BCUT2D eigenvalue weighted by atomic mass is 10.2. The first-order valence-electron chi connectivity index (χ1n) is 8.87. The number of aromatic nitrogens is 2. The Labute approximate surface area is 180 Å². The molecule has 162 valence electrons. The molecule has 2 amide bonds. The summed E-state index contributed by atoms with van der Waals surface area (Å²) in [6, 6.07) is 11.2. The molecule has 3 rings (SSSR count). The predicted octanol–water partition coefficient (Wildman–Crippen LogP) is 5.75. The molecule has 0 unspecified atom stereocenters. The highest BCUT2D eigenvalue weighted by molar-refractivity contribution is 6.28. The average Bonchev–Trinajstić information content (AvgIpc) is 2.70. The molecule has 0 atom stereocenters. The van der Waals surface area contributed by atoms with Crippen LogP contribution in [0.4, 0.5) is 40.8 Å². The molecular formula is C20H17ClF3N5O2. The van der Waals surface area contributed by atoms with Crippen LogP contribution in [0.2, 0.25) is 5.28 Å². The van der Waals surface area contributed by atoms with Crippen molar-refractivity contribution in [1.82, 2.24) is 9.97 Å². The van der Waals surface area contributed by atoms with Gasteiger partial charge in [-0.2, -0.15) is 4.98 Å². The summed E-state index contributed by atoms with van der Waals surface area (Å²) in [5.41, 5.74) is 2.48. The van der Waals surface area contributed by atoms with Crippen molar-refractivity contribution in [3.63, 3.8) is 0 Å². The van der Waals surface area contributed by atoms with Crippen molar-refractivity contribution in [3.05, 3.63) is 65.6 Å². The van der Waals surface area contributed by atoms with Gasteiger partial charge in [0.15, 0.2) is 0 Å². The number of alkyl halides is 3. The number of benzene rings is 2. The molecular weight excluding hydrogens is 435 g/mol. The van der Waals surface area contributed by atoms with Gasteiger partial charge in [0.05, 0.1) is 0 Å². The number of rotatable bonds is 5. The van der Waals surface area contributed by atoms with Crippen molar-refractivity contribution in [2.24, 2.45) is 0 Å². The molecule has 0 spiro atoms. The molecule has 0 bridgehead atoms. The summed E-state index contributed by atoms with van der Waals surface area (Å²) < 4.78 is 40.4. The Balaban J connectivity index is 1.60. The summed E-state index contributed by atoms with van der Waals surface area (Å²) in [5, 5.41) is 5.31. The Hall–Kier alpha value is -3.53. The number of urea groups is 1. The van der Waals surface area contributed by atoms with Crippen LogP contribution in [0.3, 0.4) is 0 Å². The summed E-state index contributed by atoms with van der Waals surface area (Å²) >= 11 is 5.87. The molecule has 0 aliphatic carbocycles. The number of anilines is 4. The topological polar surface area (TPSA) is 79.4 Å². The van der Waals surface area contributed by atoms with E-state index in [1.807, 2.05) is 18.9 Å². The van der Waals surface area contributed by atoms with E-state index in [1.54, 1.807) is 30.5 Å². The molecule has 0 radical (unpaired) electrons. The molecule has 11 heteroatoms. The highest BCUT2D eigenvalue weighted by Crippen LogP contribution is 2.27. The highest BCUT2D eigenvalue weighted by Gasteiger charge is 2.30. The van der Waals surface area contributed by atoms with Crippen molar-refractivity contribution in [3.8, 4) is 5.75 Å². The van der Waals surface area contributed by atoms with E-state index in [0.29, 0.717) is 17.2 Å². The number of nitrogens with one attached hydrogen (secondary N) is 2. The van der Waals surface area contributed by atoms with E-state index in [9.17, 15) is 18.0 Å². The maximum absolute atomic E-state index is 12.2. The van der Waals surface area contributed by atoms with E-state index >= 15 is 0 Å². The van der Waals surface area contributed by atoms with Crippen molar-refractivity contribution in [2.75, 3.05) is 22.6 Å². The van der Waals surface area contributed by atoms with Crippen molar-refractivity contribution in [1.29, 1.82) is 0 Å². The van der Waals surface area contributed by atoms with Gasteiger partial charge in [-0.15, -0.1) is 13.2 Å². The first-order valence-corrected chi connectivity index (χ1v) is 9.25. The lowest BCUT2D eigenvalue weighted by molar-refractivity contribution is -0.274. The third-order valence-electron chi connectivity index (χ3n) is 4.09. The maximum atomic E-state index is 12.2. The second-order valence-corrected chi connectivity index (χ2v) is 6.74. The van der Waals surface area contributed by atoms with E-state index in [0.717, 1.165) is 23.4 Å². The summed E-state index contributed by atoms with van der Waals surface area (Å²) in [4.78, 5) is 22.1. The van der Waals surface area contributed by atoms with Crippen LogP contribution in [0.5, 0.6) is 5.75 Å². The third kappa shape index (κ3) is 6.22. The second kappa shape index (κ2) is 9.09. The SMILES string of the molecule is Cc1cnc(Cl)nc1N(C)c1ccc(NC(=O)Nc2ccc(OC(F)(F)F)cc2)cc1. The van der Waals surface area contributed by atoms with Gasteiger partial charge in [0, 0.05) is 35.9 Å². The smallest absolute Gasteiger partial charge is 0.406 e. The van der Waals surface area contributed by atoms with Crippen LogP contribution in [-0.2, 0) is 0 Å². The number of amides is 2. The molecule has 0 saturated carbocycles. The van der Waals surface area contributed by atoms with Crippen LogP contribution in [-0.4, -0.2) is 29.4 Å². The first-order chi connectivity index (χ1) is 14.6. The van der Waals surface area contributed by atoms with E-state index in [2.05, 4.69) is 25.3 Å². The van der Waals surface area contributed by atoms with E-state index in [1.165, 1.54) is 12.1 Å². The van der Waals surface area contributed by atoms with Gasteiger partial charge in [-0.05, 0) is 67.1 Å². The van der Waals surface area contributed by atoms with E-state index in [4.69, 9.17) is 11.6 Å². The van der Waals surface area contributed by atoms with Crippen molar-refractivity contribution in [2.45, 2.75) is 13.3 Å². The minimum atomic E-state index is -4.77. The molecule has 0 aliphatic rings. The molecule has 2 N–H and O–H groups in total. The molecule has 31 heavy (non-hydrogen) atoms. The van der Waals surface area contributed by atoms with Gasteiger partial charge < -0.3 is 20.3 Å². The molecule has 0 saturated heterocycles. The number of hydrogen-bond acceptors (Lipinski definition) is 5. The van der Waals surface area contributed by atoms with Gasteiger partial charge >= 0.3 is 12.4 Å². The Kier molecular flexibility index (Phi) is 6.50. The zero-order valence-corrected chi connectivity index (χ0v) is 17.1. The first kappa shape index (κ1) is 22.2. The van der Waals surface area contributed by atoms with Crippen molar-refractivity contribution >= 4 is 40.5 Å². The van der Waals surface area contributed by atoms with Crippen molar-refractivity contribution < 1.29 is 22.7 Å². The second-order valence-electron chi connectivity index (χ2n) is 6.40. The number of nitrogens with zero attached hydrogens (tertiary/aromatic N) is 3. The molecule has 7 nitrogen and oxygen atoms in total. The number of carbonyl (C=O) groups excluding carboxylic acids is 1. The molecule has 1 aromatic heterocycles. The predicted molar refractivity (Wildman–Crippen MR) is 112 cm³/mol. The quantitative estimate of drug-likeness (QED) is 0.483. The van der Waals surface area contributed by atoms with Crippen LogP contribution in [0.15, 0.2) is 54.7 Å². The fourth-order valence-electron chi connectivity index (χ4n) is 2.68. The summed E-state index contributed by atoms with van der Waals surface area (Å²) in [5.74, 6) is 0.273. The third-order valence-corrected chi connectivity index (χ3v) is 4.27. The number of halogens is 4. The van der Waals surface area contributed by atoms with Gasteiger partial charge in [-0.25, -0.2) is 9.78 Å². The fourth-order valence-corrected chi connectivity index (χ4v) is 2.80. The Morgan fingerprint density at radius 1 is 1.03 bits per heavy atom. The fraction of sp³-hybridized carbons (Fsp3) is 0.150. The number of carbonyl (C=O) groups is 1. The minimum absolute atomic E-state index is 0.139. The lowest BCUT2D eigenvalue weighted by Crippen LogP contribution is -2.20. The monoisotopic (exact) mass is 451 g/mol. The van der Waals surface area contributed by atoms with E-state index < -0.39 is 12.4 Å². The molecule has 2 aromatic carbocycles. The summed E-state index contributed by atoms with van der Waals surface area (Å²) in [6.07, 6.45) is -3.14. The Morgan fingerprint density at radius 3 is 2.13 bits per heavy atom. The summed E-state index contributed by atoms with van der Waals surface area (Å²) in [7, 11) is 1.83. The zero-order chi connectivity index (χ0) is 22.6. The molecule has 3 aromatic rings. The molecule has 1 heterocycles. The normalized spacial score (nSPS) is 11.0. The van der Waals surface area contributed by atoms with Gasteiger partial charge in [-0.1, -0.05) is 0 Å². The molecule has 0 aliphatic heterocycles. The number of ether oxygens (including phenoxy) is 1. The van der Waals surface area contributed by atoms with Crippen LogP contribution in [0.1, 0.15) is 5.56 Å². The maximum Gasteiger partial charge on any atom is 0.573 e. The minimum Gasteiger partial charge on any atom is -0.406 e. The zero-order valence-electron chi connectivity index (χ0n) is 16.4. The van der Waals surface area contributed by atoms with Crippen LogP contribution < -0.4 is 20.3 Å². The summed E-state index contributed by atoms with van der Waals surface area (Å²) in [6.45, 7) is 1.87. The van der Waals surface area contributed by atoms with E-state index in [-0.39, 0.29) is 11.0 Å². The highest BCUT2D eigenvalue weighted by atomic mass is 35.5. The largest absolute Gasteiger partial charge is 0.573 e. The van der Waals surface area contributed by atoms with Crippen LogP contribution in [0, 0.1) is 6.92 Å². The standard InChI is InChI=1S/C20H17ClF3N5O2/c1-12-11-25-18(21)28-17(12)29(2)15-7-3-13(4-8-15)26-19(30)27-14-5-9-16(10-6-14)31-20(22,23)24/h3-11H,1-2H3,(H2,26,27,30).